The fourth-order valence-electron chi connectivity index (χ4n) is 3.52. The number of rotatable bonds is 4. The SMILES string of the molecule is CN(C)CCCN1c2ccccc2CC(C)(N)c2ccccc21. The molecule has 0 spiro atoms. The van der Waals surface area contributed by atoms with Gasteiger partial charge in [-0.1, -0.05) is 36.4 Å². The summed E-state index contributed by atoms with van der Waals surface area (Å²) in [4.78, 5) is 4.69. The number of fused-ring (bicyclic) bond motifs is 2. The van der Waals surface area contributed by atoms with Crippen LogP contribution in [0.25, 0.3) is 0 Å². The summed E-state index contributed by atoms with van der Waals surface area (Å²) in [6.45, 7) is 4.23. The van der Waals surface area contributed by atoms with E-state index >= 15 is 0 Å². The molecule has 23 heavy (non-hydrogen) atoms. The third kappa shape index (κ3) is 3.26. The van der Waals surface area contributed by atoms with E-state index in [9.17, 15) is 0 Å². The maximum absolute atomic E-state index is 6.71. The zero-order valence-electron chi connectivity index (χ0n) is 14.4. The van der Waals surface area contributed by atoms with Crippen molar-refractivity contribution < 1.29 is 0 Å². The molecule has 0 saturated heterocycles. The molecule has 3 heteroatoms. The molecule has 0 aromatic heterocycles. The molecule has 0 saturated carbocycles. The fourth-order valence-corrected chi connectivity index (χ4v) is 3.52. The molecule has 3 rings (SSSR count). The molecule has 0 radical (unpaired) electrons. The molecule has 0 aliphatic carbocycles. The smallest absolute Gasteiger partial charge is 0.0462 e. The Morgan fingerprint density at radius 1 is 1.04 bits per heavy atom. The van der Waals surface area contributed by atoms with E-state index in [1.165, 1.54) is 22.5 Å². The van der Waals surface area contributed by atoms with Crippen molar-refractivity contribution in [3.63, 3.8) is 0 Å². The molecule has 2 aromatic rings. The molecule has 2 aromatic carbocycles. The minimum Gasteiger partial charge on any atom is -0.341 e. The minimum absolute atomic E-state index is 0.344. The first-order valence-electron chi connectivity index (χ1n) is 8.37. The maximum atomic E-state index is 6.71. The van der Waals surface area contributed by atoms with Gasteiger partial charge in [-0.2, -0.15) is 0 Å². The third-order valence-corrected chi connectivity index (χ3v) is 4.64. The van der Waals surface area contributed by atoms with Gasteiger partial charge in [-0.25, -0.2) is 0 Å². The van der Waals surface area contributed by atoms with Gasteiger partial charge >= 0.3 is 0 Å². The lowest BCUT2D eigenvalue weighted by Gasteiger charge is -2.29. The highest BCUT2D eigenvalue weighted by atomic mass is 15.2. The second-order valence-electron chi connectivity index (χ2n) is 7.05. The van der Waals surface area contributed by atoms with Gasteiger partial charge in [-0.05, 0) is 63.7 Å². The molecule has 1 atom stereocenters. The second kappa shape index (κ2) is 6.34. The lowest BCUT2D eigenvalue weighted by atomic mass is 9.86. The van der Waals surface area contributed by atoms with Gasteiger partial charge in [0.25, 0.3) is 0 Å². The monoisotopic (exact) mass is 309 g/mol. The van der Waals surface area contributed by atoms with E-state index in [2.05, 4.69) is 79.3 Å². The van der Waals surface area contributed by atoms with Crippen molar-refractivity contribution in [2.24, 2.45) is 5.73 Å². The van der Waals surface area contributed by atoms with Crippen LogP contribution in [0.15, 0.2) is 48.5 Å². The summed E-state index contributed by atoms with van der Waals surface area (Å²) in [6.07, 6.45) is 1.99. The molecule has 1 aliphatic heterocycles. The van der Waals surface area contributed by atoms with Crippen molar-refractivity contribution in [1.82, 2.24) is 4.90 Å². The van der Waals surface area contributed by atoms with Gasteiger partial charge in [-0.3, -0.25) is 0 Å². The van der Waals surface area contributed by atoms with Gasteiger partial charge in [0.05, 0.1) is 0 Å². The number of nitrogens with zero attached hydrogens (tertiary/aromatic N) is 2. The van der Waals surface area contributed by atoms with Gasteiger partial charge in [0, 0.05) is 23.5 Å². The van der Waals surface area contributed by atoms with E-state index in [1.807, 2.05) is 0 Å². The Balaban J connectivity index is 2.06. The van der Waals surface area contributed by atoms with E-state index in [0.717, 1.165) is 25.9 Å². The maximum Gasteiger partial charge on any atom is 0.0462 e. The van der Waals surface area contributed by atoms with Crippen molar-refractivity contribution in [3.05, 3.63) is 59.7 Å². The standard InChI is InChI=1S/C20H27N3/c1-20(21)15-16-9-4-6-11-18(16)23(14-8-13-22(2)3)19-12-7-5-10-17(19)20/h4-7,9-12H,8,13-15,21H2,1-3H3. The summed E-state index contributed by atoms with van der Waals surface area (Å²) >= 11 is 0. The highest BCUT2D eigenvalue weighted by Crippen LogP contribution is 2.41. The Morgan fingerprint density at radius 2 is 1.70 bits per heavy atom. The van der Waals surface area contributed by atoms with Gasteiger partial charge < -0.3 is 15.5 Å². The third-order valence-electron chi connectivity index (χ3n) is 4.64. The second-order valence-corrected chi connectivity index (χ2v) is 7.05. The average molecular weight is 309 g/mol. The van der Waals surface area contributed by atoms with Crippen LogP contribution in [0.1, 0.15) is 24.5 Å². The molecule has 1 aliphatic rings. The van der Waals surface area contributed by atoms with Crippen molar-refractivity contribution in [1.29, 1.82) is 0 Å². The molecule has 0 amide bonds. The Hall–Kier alpha value is -1.84. The number of benzene rings is 2. The van der Waals surface area contributed by atoms with E-state index < -0.39 is 0 Å². The molecule has 0 bridgehead atoms. The van der Waals surface area contributed by atoms with E-state index in [-0.39, 0.29) is 5.54 Å². The van der Waals surface area contributed by atoms with E-state index in [4.69, 9.17) is 5.73 Å². The molecule has 2 N–H and O–H groups in total. The summed E-state index contributed by atoms with van der Waals surface area (Å²) in [6, 6.07) is 17.3. The molecular weight excluding hydrogens is 282 g/mol. The summed E-state index contributed by atoms with van der Waals surface area (Å²) in [7, 11) is 4.25. The lowest BCUT2D eigenvalue weighted by molar-refractivity contribution is 0.402. The zero-order chi connectivity index (χ0) is 16.4. The Bertz CT molecular complexity index is 676. The quantitative estimate of drug-likeness (QED) is 0.938. The van der Waals surface area contributed by atoms with Crippen LogP contribution in [0.3, 0.4) is 0 Å². The van der Waals surface area contributed by atoms with Crippen molar-refractivity contribution in [2.45, 2.75) is 25.3 Å². The lowest BCUT2D eigenvalue weighted by Crippen LogP contribution is -2.35. The first-order chi connectivity index (χ1) is 11.0. The predicted molar refractivity (Wildman–Crippen MR) is 98.3 cm³/mol. The van der Waals surface area contributed by atoms with Gasteiger partial charge in [0.2, 0.25) is 0 Å². The summed E-state index contributed by atoms with van der Waals surface area (Å²) in [5.41, 5.74) is 11.5. The zero-order valence-corrected chi connectivity index (χ0v) is 14.4. The highest BCUT2D eigenvalue weighted by molar-refractivity contribution is 5.72. The molecule has 1 heterocycles. The number of hydrogen-bond acceptors (Lipinski definition) is 3. The fraction of sp³-hybridized carbons (Fsp3) is 0.400. The summed E-state index contributed by atoms with van der Waals surface area (Å²) in [5.74, 6) is 0. The molecule has 3 nitrogen and oxygen atoms in total. The Kier molecular flexibility index (Phi) is 4.42. The molecule has 1 unspecified atom stereocenters. The highest BCUT2D eigenvalue weighted by Gasteiger charge is 2.31. The van der Waals surface area contributed by atoms with Crippen LogP contribution in [0.5, 0.6) is 0 Å². The molecule has 0 fully saturated rings. The average Bonchev–Trinajstić information content (AvgIpc) is 2.60. The van der Waals surface area contributed by atoms with Crippen LogP contribution in [0.2, 0.25) is 0 Å². The van der Waals surface area contributed by atoms with Crippen molar-refractivity contribution >= 4 is 11.4 Å². The number of para-hydroxylation sites is 2. The van der Waals surface area contributed by atoms with Crippen LogP contribution in [0.4, 0.5) is 11.4 Å². The summed E-state index contributed by atoms with van der Waals surface area (Å²) < 4.78 is 0. The Morgan fingerprint density at radius 3 is 2.43 bits per heavy atom. The minimum atomic E-state index is -0.344. The number of nitrogens with two attached hydrogens (primary N) is 1. The summed E-state index contributed by atoms with van der Waals surface area (Å²) in [5, 5.41) is 0. The van der Waals surface area contributed by atoms with Crippen molar-refractivity contribution in [3.8, 4) is 0 Å². The largest absolute Gasteiger partial charge is 0.341 e. The van der Waals surface area contributed by atoms with Gasteiger partial charge in [-0.15, -0.1) is 0 Å². The first-order valence-corrected chi connectivity index (χ1v) is 8.37. The molecular formula is C20H27N3. The van der Waals surface area contributed by atoms with E-state index in [0.29, 0.717) is 0 Å². The van der Waals surface area contributed by atoms with Crippen LogP contribution >= 0.6 is 0 Å². The number of hydrogen-bond donors (Lipinski definition) is 1. The first kappa shape index (κ1) is 16.0. The predicted octanol–water partition coefficient (Wildman–Crippen LogP) is 3.51. The Labute approximate surface area is 139 Å². The normalized spacial score (nSPS) is 20.1. The van der Waals surface area contributed by atoms with Crippen LogP contribution < -0.4 is 10.6 Å². The number of anilines is 2. The van der Waals surface area contributed by atoms with Gasteiger partial charge in [0.15, 0.2) is 0 Å². The van der Waals surface area contributed by atoms with Gasteiger partial charge in [0.1, 0.15) is 0 Å². The van der Waals surface area contributed by atoms with Crippen LogP contribution in [-0.2, 0) is 12.0 Å². The molecule has 122 valence electrons. The van der Waals surface area contributed by atoms with Crippen molar-refractivity contribution in [2.75, 3.05) is 32.1 Å². The van der Waals surface area contributed by atoms with Crippen LogP contribution in [0, 0.1) is 0 Å². The van der Waals surface area contributed by atoms with E-state index in [1.54, 1.807) is 0 Å². The topological polar surface area (TPSA) is 32.5 Å². The van der Waals surface area contributed by atoms with Crippen LogP contribution in [-0.4, -0.2) is 32.1 Å².